The maximum Gasteiger partial charge on any atom is 0.148 e. The number of hydrogen-bond donors (Lipinski definition) is 1. The Kier molecular flexibility index (Phi) is 4.00. The van der Waals surface area contributed by atoms with E-state index in [1.54, 1.807) is 31.4 Å². The number of nitrogens with one attached hydrogen (secondary N) is 1. The third-order valence-electron chi connectivity index (χ3n) is 3.39. The van der Waals surface area contributed by atoms with Crippen LogP contribution in [0, 0.1) is 17.1 Å². The Morgan fingerprint density at radius 1 is 1.30 bits per heavy atom. The van der Waals surface area contributed by atoms with Gasteiger partial charge in [-0.15, -0.1) is 0 Å². The van der Waals surface area contributed by atoms with Crippen molar-refractivity contribution in [1.82, 2.24) is 4.98 Å². The molecule has 23 heavy (non-hydrogen) atoms. The highest BCUT2D eigenvalue weighted by Crippen LogP contribution is 2.34. The zero-order valence-electron chi connectivity index (χ0n) is 12.1. The number of para-hydroxylation sites is 1. The standard InChI is InChI=1S/C17H11ClFN3O/c1-23-15-4-2-3-12-16(10(8-20)9-21-17(12)15)22-14-6-5-11(18)7-13(14)19/h2-7,9H,1H3,(H,21,22). The lowest BCUT2D eigenvalue weighted by Crippen LogP contribution is -1.99. The van der Waals surface area contributed by atoms with Gasteiger partial charge >= 0.3 is 0 Å². The van der Waals surface area contributed by atoms with Crippen LogP contribution in [0.5, 0.6) is 5.75 Å². The molecule has 1 aromatic heterocycles. The van der Waals surface area contributed by atoms with Crippen LogP contribution in [-0.4, -0.2) is 12.1 Å². The van der Waals surface area contributed by atoms with E-state index in [2.05, 4.69) is 16.4 Å². The predicted molar refractivity (Wildman–Crippen MR) is 87.7 cm³/mol. The average molecular weight is 328 g/mol. The normalized spacial score (nSPS) is 10.3. The first-order valence-electron chi connectivity index (χ1n) is 6.72. The van der Waals surface area contributed by atoms with Crippen LogP contribution in [0.1, 0.15) is 5.56 Å². The van der Waals surface area contributed by atoms with Gasteiger partial charge in [-0.2, -0.15) is 5.26 Å². The van der Waals surface area contributed by atoms with Crippen molar-refractivity contribution in [2.24, 2.45) is 0 Å². The quantitative estimate of drug-likeness (QED) is 0.760. The highest BCUT2D eigenvalue weighted by molar-refractivity contribution is 6.30. The Hall–Kier alpha value is -2.84. The molecule has 114 valence electrons. The molecule has 4 nitrogen and oxygen atoms in total. The van der Waals surface area contributed by atoms with E-state index in [4.69, 9.17) is 16.3 Å². The molecule has 0 aliphatic carbocycles. The summed E-state index contributed by atoms with van der Waals surface area (Å²) in [6, 6.07) is 11.7. The fourth-order valence-corrected chi connectivity index (χ4v) is 2.46. The molecule has 1 N–H and O–H groups in total. The van der Waals surface area contributed by atoms with Gasteiger partial charge in [-0.25, -0.2) is 4.39 Å². The van der Waals surface area contributed by atoms with Crippen LogP contribution in [0.25, 0.3) is 10.9 Å². The second kappa shape index (κ2) is 6.11. The van der Waals surface area contributed by atoms with Crippen LogP contribution in [0.3, 0.4) is 0 Å². The number of methoxy groups -OCH3 is 1. The van der Waals surface area contributed by atoms with Crippen LogP contribution in [0.4, 0.5) is 15.8 Å². The number of rotatable bonds is 3. The molecular formula is C17H11ClFN3O. The molecule has 1 heterocycles. The monoisotopic (exact) mass is 327 g/mol. The molecule has 0 aliphatic rings. The van der Waals surface area contributed by atoms with E-state index in [0.717, 1.165) is 0 Å². The number of anilines is 2. The summed E-state index contributed by atoms with van der Waals surface area (Å²) in [5.74, 6) is 0.0702. The van der Waals surface area contributed by atoms with Gasteiger partial charge in [0.1, 0.15) is 23.2 Å². The number of ether oxygens (including phenoxy) is 1. The van der Waals surface area contributed by atoms with Gasteiger partial charge in [0.25, 0.3) is 0 Å². The van der Waals surface area contributed by atoms with Crippen molar-refractivity contribution in [2.45, 2.75) is 0 Å². The van der Waals surface area contributed by atoms with Gasteiger partial charge in [-0.1, -0.05) is 23.7 Å². The molecule has 0 spiro atoms. The van der Waals surface area contributed by atoms with E-state index in [0.29, 0.717) is 32.9 Å². The van der Waals surface area contributed by atoms with Crippen LogP contribution in [0.15, 0.2) is 42.6 Å². The number of fused-ring (bicyclic) bond motifs is 1. The first-order chi connectivity index (χ1) is 11.1. The van der Waals surface area contributed by atoms with E-state index in [-0.39, 0.29) is 5.69 Å². The highest BCUT2D eigenvalue weighted by Gasteiger charge is 2.13. The summed E-state index contributed by atoms with van der Waals surface area (Å²) < 4.78 is 19.3. The molecule has 0 radical (unpaired) electrons. The molecule has 0 saturated carbocycles. The van der Waals surface area contributed by atoms with Crippen LogP contribution in [0.2, 0.25) is 5.02 Å². The lowest BCUT2D eigenvalue weighted by molar-refractivity contribution is 0.419. The summed E-state index contributed by atoms with van der Waals surface area (Å²) in [5.41, 5.74) is 1.59. The fraction of sp³-hybridized carbons (Fsp3) is 0.0588. The van der Waals surface area contributed by atoms with E-state index in [1.807, 2.05) is 0 Å². The molecule has 6 heteroatoms. The Labute approximate surface area is 137 Å². The fourth-order valence-electron chi connectivity index (χ4n) is 2.31. The van der Waals surface area contributed by atoms with E-state index < -0.39 is 5.82 Å². The van der Waals surface area contributed by atoms with Crippen molar-refractivity contribution in [1.29, 1.82) is 5.26 Å². The van der Waals surface area contributed by atoms with Crippen LogP contribution < -0.4 is 10.1 Å². The lowest BCUT2D eigenvalue weighted by atomic mass is 10.1. The highest BCUT2D eigenvalue weighted by atomic mass is 35.5. The molecule has 0 bridgehead atoms. The summed E-state index contributed by atoms with van der Waals surface area (Å²) >= 11 is 5.77. The maximum atomic E-state index is 14.0. The molecule has 0 unspecified atom stereocenters. The van der Waals surface area contributed by atoms with Crippen molar-refractivity contribution in [3.8, 4) is 11.8 Å². The Morgan fingerprint density at radius 2 is 2.13 bits per heavy atom. The Morgan fingerprint density at radius 3 is 2.83 bits per heavy atom. The third-order valence-corrected chi connectivity index (χ3v) is 3.63. The number of hydrogen-bond acceptors (Lipinski definition) is 4. The first kappa shape index (κ1) is 15.1. The van der Waals surface area contributed by atoms with Crippen molar-refractivity contribution in [3.05, 3.63) is 59.0 Å². The minimum Gasteiger partial charge on any atom is -0.494 e. The second-order valence-electron chi connectivity index (χ2n) is 4.76. The number of nitriles is 1. The summed E-state index contributed by atoms with van der Waals surface area (Å²) in [4.78, 5) is 4.26. The van der Waals surface area contributed by atoms with E-state index in [9.17, 15) is 9.65 Å². The molecular weight excluding hydrogens is 317 g/mol. The van der Waals surface area contributed by atoms with Crippen molar-refractivity contribution in [3.63, 3.8) is 0 Å². The molecule has 3 rings (SSSR count). The molecule has 2 aromatic carbocycles. The predicted octanol–water partition coefficient (Wildman–Crippen LogP) is 4.65. The summed E-state index contributed by atoms with van der Waals surface area (Å²) in [7, 11) is 1.54. The number of aromatic nitrogens is 1. The van der Waals surface area contributed by atoms with Crippen molar-refractivity contribution in [2.75, 3.05) is 12.4 Å². The molecule has 0 amide bonds. The Bertz CT molecular complexity index is 937. The zero-order valence-corrected chi connectivity index (χ0v) is 12.9. The van der Waals surface area contributed by atoms with Gasteiger partial charge in [0.15, 0.2) is 0 Å². The number of halogens is 2. The van der Waals surface area contributed by atoms with E-state index >= 15 is 0 Å². The van der Waals surface area contributed by atoms with Crippen molar-refractivity contribution < 1.29 is 9.13 Å². The molecule has 0 atom stereocenters. The van der Waals surface area contributed by atoms with Gasteiger partial charge in [0.05, 0.1) is 24.0 Å². The number of benzene rings is 2. The average Bonchev–Trinajstić information content (AvgIpc) is 2.56. The minimum absolute atomic E-state index is 0.223. The lowest BCUT2D eigenvalue weighted by Gasteiger charge is -2.13. The Balaban J connectivity index is 2.21. The maximum absolute atomic E-state index is 14.0. The summed E-state index contributed by atoms with van der Waals surface area (Å²) in [6.45, 7) is 0. The molecule has 0 aliphatic heterocycles. The third kappa shape index (κ3) is 2.77. The summed E-state index contributed by atoms with van der Waals surface area (Å²) in [6.07, 6.45) is 1.43. The van der Waals surface area contributed by atoms with Gasteiger partial charge in [0, 0.05) is 16.6 Å². The second-order valence-corrected chi connectivity index (χ2v) is 5.20. The van der Waals surface area contributed by atoms with Crippen LogP contribution in [-0.2, 0) is 0 Å². The zero-order chi connectivity index (χ0) is 16.4. The largest absolute Gasteiger partial charge is 0.494 e. The van der Waals surface area contributed by atoms with Crippen molar-refractivity contribution >= 4 is 33.9 Å². The van der Waals surface area contributed by atoms with Gasteiger partial charge < -0.3 is 10.1 Å². The molecule has 0 saturated heterocycles. The SMILES string of the molecule is COc1cccc2c(Nc3ccc(Cl)cc3F)c(C#N)cnc12. The topological polar surface area (TPSA) is 57.9 Å². The molecule has 3 aromatic rings. The number of nitrogens with zero attached hydrogens (tertiary/aromatic N) is 2. The van der Waals surface area contributed by atoms with E-state index in [1.165, 1.54) is 18.3 Å². The molecule has 0 fully saturated rings. The smallest absolute Gasteiger partial charge is 0.148 e. The first-order valence-corrected chi connectivity index (χ1v) is 7.09. The van der Waals surface area contributed by atoms with Gasteiger partial charge in [-0.3, -0.25) is 4.98 Å². The van der Waals surface area contributed by atoms with Crippen LogP contribution >= 0.6 is 11.6 Å². The minimum atomic E-state index is -0.505. The number of pyridine rings is 1. The summed E-state index contributed by atoms with van der Waals surface area (Å²) in [5, 5.41) is 13.2. The van der Waals surface area contributed by atoms with Gasteiger partial charge in [0.2, 0.25) is 0 Å². The van der Waals surface area contributed by atoms with Gasteiger partial charge in [-0.05, 0) is 24.3 Å².